The summed E-state index contributed by atoms with van der Waals surface area (Å²) in [4.78, 5) is 16.2. The van der Waals surface area contributed by atoms with Crippen molar-refractivity contribution >= 4 is 17.2 Å². The fraction of sp³-hybridized carbons (Fsp3) is 0.333. The Hall–Kier alpha value is -1.62. The monoisotopic (exact) mass is 250 g/mol. The molecule has 17 heavy (non-hydrogen) atoms. The maximum absolute atomic E-state index is 12.0. The minimum absolute atomic E-state index is 0.0307. The quantitative estimate of drug-likeness (QED) is 0.907. The van der Waals surface area contributed by atoms with Crippen LogP contribution >= 0.6 is 11.3 Å². The van der Waals surface area contributed by atoms with Crippen molar-refractivity contribution in [3.8, 4) is 0 Å². The van der Waals surface area contributed by atoms with Crippen LogP contribution in [0.4, 0.5) is 0 Å². The van der Waals surface area contributed by atoms with Crippen LogP contribution in [0.5, 0.6) is 0 Å². The average Bonchev–Trinajstić information content (AvgIpc) is 2.96. The Kier molecular flexibility index (Phi) is 3.58. The van der Waals surface area contributed by atoms with Gasteiger partial charge in [-0.1, -0.05) is 6.92 Å². The highest BCUT2D eigenvalue weighted by Gasteiger charge is 2.18. The van der Waals surface area contributed by atoms with Gasteiger partial charge in [0.25, 0.3) is 5.91 Å². The number of furan rings is 1. The predicted molar refractivity (Wildman–Crippen MR) is 66.1 cm³/mol. The van der Waals surface area contributed by atoms with E-state index in [1.807, 2.05) is 12.3 Å². The third-order valence-corrected chi connectivity index (χ3v) is 3.46. The summed E-state index contributed by atoms with van der Waals surface area (Å²) in [5.74, 6) is 0.523. The second-order valence-corrected chi connectivity index (χ2v) is 4.62. The van der Waals surface area contributed by atoms with Crippen molar-refractivity contribution in [1.29, 1.82) is 0 Å². The number of aryl methyl sites for hydroxylation is 1. The summed E-state index contributed by atoms with van der Waals surface area (Å²) in [6, 6.07) is 1.65. The molecule has 0 aliphatic carbocycles. The first-order valence-electron chi connectivity index (χ1n) is 5.46. The number of amides is 1. The summed E-state index contributed by atoms with van der Waals surface area (Å²) < 4.78 is 5.12. The topological polar surface area (TPSA) is 55.1 Å². The van der Waals surface area contributed by atoms with Gasteiger partial charge < -0.3 is 9.73 Å². The Morgan fingerprint density at radius 3 is 3.00 bits per heavy atom. The van der Waals surface area contributed by atoms with Gasteiger partial charge in [0.15, 0.2) is 0 Å². The molecular formula is C12H14N2O2S. The maximum atomic E-state index is 12.0. The van der Waals surface area contributed by atoms with Crippen LogP contribution < -0.4 is 5.32 Å². The Morgan fingerprint density at radius 1 is 1.65 bits per heavy atom. The van der Waals surface area contributed by atoms with Crippen LogP contribution in [0.1, 0.15) is 40.5 Å². The highest BCUT2D eigenvalue weighted by molar-refractivity contribution is 7.09. The van der Waals surface area contributed by atoms with Gasteiger partial charge in [0, 0.05) is 11.6 Å². The summed E-state index contributed by atoms with van der Waals surface area (Å²) in [6.07, 6.45) is 4.09. The third kappa shape index (κ3) is 2.55. The van der Waals surface area contributed by atoms with Crippen molar-refractivity contribution in [3.05, 3.63) is 40.2 Å². The lowest BCUT2D eigenvalue weighted by Crippen LogP contribution is -2.28. The van der Waals surface area contributed by atoms with Gasteiger partial charge in [0.1, 0.15) is 10.8 Å². The summed E-state index contributed by atoms with van der Waals surface area (Å²) in [5, 5.41) is 5.80. The van der Waals surface area contributed by atoms with Crippen LogP contribution in [0, 0.1) is 6.92 Å². The smallest absolute Gasteiger partial charge is 0.255 e. The molecular weight excluding hydrogens is 236 g/mol. The SMILES string of the molecule is CC[C@H](NC(=O)c1ccoc1C)c1nccs1. The van der Waals surface area contributed by atoms with Crippen LogP contribution in [0.3, 0.4) is 0 Å². The number of carbonyl (C=O) groups excluding carboxylic acids is 1. The molecule has 4 nitrogen and oxygen atoms in total. The lowest BCUT2D eigenvalue weighted by molar-refractivity contribution is 0.0934. The first-order valence-corrected chi connectivity index (χ1v) is 6.34. The van der Waals surface area contributed by atoms with Crippen LogP contribution in [0.2, 0.25) is 0 Å². The first kappa shape index (κ1) is 11.9. The lowest BCUT2D eigenvalue weighted by atomic mass is 10.2. The van der Waals surface area contributed by atoms with E-state index in [2.05, 4.69) is 10.3 Å². The highest BCUT2D eigenvalue weighted by Crippen LogP contribution is 2.20. The van der Waals surface area contributed by atoms with E-state index in [9.17, 15) is 4.79 Å². The molecule has 0 unspecified atom stereocenters. The summed E-state index contributed by atoms with van der Waals surface area (Å²) in [5.41, 5.74) is 0.583. The number of nitrogens with zero attached hydrogens (tertiary/aromatic N) is 1. The molecule has 2 heterocycles. The number of rotatable bonds is 4. The molecule has 0 radical (unpaired) electrons. The summed E-state index contributed by atoms with van der Waals surface area (Å²) in [6.45, 7) is 3.80. The van der Waals surface area contributed by atoms with Gasteiger partial charge in [0.05, 0.1) is 17.9 Å². The number of aromatic nitrogens is 1. The summed E-state index contributed by atoms with van der Waals surface area (Å²) >= 11 is 1.55. The molecule has 0 spiro atoms. The Balaban J connectivity index is 2.10. The molecule has 2 rings (SSSR count). The summed E-state index contributed by atoms with van der Waals surface area (Å²) in [7, 11) is 0. The zero-order valence-corrected chi connectivity index (χ0v) is 10.6. The molecule has 1 amide bonds. The molecule has 1 N–H and O–H groups in total. The third-order valence-electron chi connectivity index (χ3n) is 2.57. The largest absolute Gasteiger partial charge is 0.469 e. The molecule has 5 heteroatoms. The number of hydrogen-bond donors (Lipinski definition) is 1. The molecule has 90 valence electrons. The molecule has 0 aliphatic rings. The van der Waals surface area contributed by atoms with E-state index in [1.54, 1.807) is 30.5 Å². The molecule has 1 atom stereocenters. The molecule has 2 aromatic heterocycles. The normalized spacial score (nSPS) is 12.4. The highest BCUT2D eigenvalue weighted by atomic mass is 32.1. The van der Waals surface area contributed by atoms with Gasteiger partial charge in [-0.2, -0.15) is 0 Å². The van der Waals surface area contributed by atoms with Gasteiger partial charge in [-0.05, 0) is 19.4 Å². The van der Waals surface area contributed by atoms with Crippen molar-refractivity contribution in [2.75, 3.05) is 0 Å². The van der Waals surface area contributed by atoms with Crippen LogP contribution in [0.25, 0.3) is 0 Å². The van der Waals surface area contributed by atoms with Crippen molar-refractivity contribution < 1.29 is 9.21 Å². The molecule has 0 fully saturated rings. The van der Waals surface area contributed by atoms with E-state index < -0.39 is 0 Å². The van der Waals surface area contributed by atoms with Crippen molar-refractivity contribution in [1.82, 2.24) is 10.3 Å². The Bertz CT molecular complexity index is 490. The van der Waals surface area contributed by atoms with Crippen LogP contribution in [-0.4, -0.2) is 10.9 Å². The van der Waals surface area contributed by atoms with Crippen LogP contribution in [-0.2, 0) is 0 Å². The van der Waals surface area contributed by atoms with Gasteiger partial charge in [-0.15, -0.1) is 11.3 Å². The number of carbonyl (C=O) groups is 1. The van der Waals surface area contributed by atoms with E-state index in [-0.39, 0.29) is 11.9 Å². The van der Waals surface area contributed by atoms with E-state index in [4.69, 9.17) is 4.42 Å². The minimum atomic E-state index is -0.113. The number of hydrogen-bond acceptors (Lipinski definition) is 4. The number of nitrogens with one attached hydrogen (secondary N) is 1. The van der Waals surface area contributed by atoms with Gasteiger partial charge in [-0.3, -0.25) is 4.79 Å². The van der Waals surface area contributed by atoms with E-state index >= 15 is 0 Å². The molecule has 0 aliphatic heterocycles. The van der Waals surface area contributed by atoms with Gasteiger partial charge in [-0.25, -0.2) is 4.98 Å². The fourth-order valence-electron chi connectivity index (χ4n) is 1.60. The van der Waals surface area contributed by atoms with Crippen molar-refractivity contribution in [2.45, 2.75) is 26.3 Å². The second kappa shape index (κ2) is 5.14. The minimum Gasteiger partial charge on any atom is -0.469 e. The maximum Gasteiger partial charge on any atom is 0.255 e. The molecule has 2 aromatic rings. The molecule has 0 bridgehead atoms. The standard InChI is InChI=1S/C12H14N2O2S/c1-3-10(12-13-5-7-17-12)14-11(15)9-4-6-16-8(9)2/h4-7,10H,3H2,1-2H3,(H,14,15)/t10-/m0/s1. The zero-order chi connectivity index (χ0) is 12.3. The van der Waals surface area contributed by atoms with Crippen molar-refractivity contribution in [2.24, 2.45) is 0 Å². The molecule has 0 aromatic carbocycles. The predicted octanol–water partition coefficient (Wildman–Crippen LogP) is 2.93. The Labute approximate surface area is 104 Å². The van der Waals surface area contributed by atoms with E-state index in [1.165, 1.54) is 6.26 Å². The van der Waals surface area contributed by atoms with Gasteiger partial charge >= 0.3 is 0 Å². The number of thiazole rings is 1. The fourth-order valence-corrected chi connectivity index (χ4v) is 2.37. The Morgan fingerprint density at radius 2 is 2.47 bits per heavy atom. The lowest BCUT2D eigenvalue weighted by Gasteiger charge is -2.13. The average molecular weight is 250 g/mol. The van der Waals surface area contributed by atoms with E-state index in [0.29, 0.717) is 11.3 Å². The second-order valence-electron chi connectivity index (χ2n) is 3.70. The van der Waals surface area contributed by atoms with Gasteiger partial charge in [0.2, 0.25) is 0 Å². The first-order chi connectivity index (χ1) is 8.22. The van der Waals surface area contributed by atoms with Crippen LogP contribution in [0.15, 0.2) is 28.3 Å². The molecule has 0 saturated carbocycles. The van der Waals surface area contributed by atoms with Crippen molar-refractivity contribution in [3.63, 3.8) is 0 Å². The zero-order valence-electron chi connectivity index (χ0n) is 9.77. The molecule has 0 saturated heterocycles. The van der Waals surface area contributed by atoms with E-state index in [0.717, 1.165) is 11.4 Å².